The fourth-order valence-electron chi connectivity index (χ4n) is 1.46. The van der Waals surface area contributed by atoms with Crippen LogP contribution in [0.5, 0.6) is 0 Å². The first-order valence-corrected chi connectivity index (χ1v) is 6.24. The first-order valence-electron chi connectivity index (χ1n) is 5.49. The molecule has 100 valence electrons. The Balaban J connectivity index is 2.21. The number of halogens is 2. The third kappa shape index (κ3) is 3.21. The Morgan fingerprint density at radius 2 is 2.16 bits per heavy atom. The third-order valence-corrected chi connectivity index (χ3v) is 3.05. The third-order valence-electron chi connectivity index (χ3n) is 2.31. The molecule has 6 nitrogen and oxygen atoms in total. The summed E-state index contributed by atoms with van der Waals surface area (Å²) in [7, 11) is 0. The summed E-state index contributed by atoms with van der Waals surface area (Å²) < 4.78 is 6.20. The average molecular weight is 301 g/mol. The molecule has 0 saturated carbocycles. The molecule has 0 N–H and O–H groups in total. The number of carbonyl (C=O) groups excluding carboxylic acids is 1. The van der Waals surface area contributed by atoms with Gasteiger partial charge in [-0.1, -0.05) is 29.3 Å². The smallest absolute Gasteiger partial charge is 0.378 e. The minimum absolute atomic E-state index is 0.0490. The SMILES string of the molecule is CCOC(=O)c1nnnn1Cc1ccc(Cl)c(Cl)c1. The zero-order valence-electron chi connectivity index (χ0n) is 10.0. The van der Waals surface area contributed by atoms with Crippen LogP contribution in [-0.2, 0) is 11.3 Å². The summed E-state index contributed by atoms with van der Waals surface area (Å²) in [6.45, 7) is 2.28. The second-order valence-electron chi connectivity index (χ2n) is 3.63. The van der Waals surface area contributed by atoms with Gasteiger partial charge >= 0.3 is 5.97 Å². The van der Waals surface area contributed by atoms with E-state index in [1.165, 1.54) is 4.68 Å². The summed E-state index contributed by atoms with van der Waals surface area (Å²) in [6.07, 6.45) is 0. The van der Waals surface area contributed by atoms with Gasteiger partial charge in [0.2, 0.25) is 0 Å². The molecule has 1 aromatic heterocycles. The molecule has 0 radical (unpaired) electrons. The van der Waals surface area contributed by atoms with Gasteiger partial charge in [0.05, 0.1) is 23.2 Å². The number of aromatic nitrogens is 4. The second kappa shape index (κ2) is 5.99. The van der Waals surface area contributed by atoms with Crippen molar-refractivity contribution < 1.29 is 9.53 Å². The van der Waals surface area contributed by atoms with Crippen LogP contribution in [0.3, 0.4) is 0 Å². The summed E-state index contributed by atoms with van der Waals surface area (Å²) in [5, 5.41) is 11.7. The van der Waals surface area contributed by atoms with Crippen molar-refractivity contribution in [3.8, 4) is 0 Å². The van der Waals surface area contributed by atoms with Crippen molar-refractivity contribution in [1.82, 2.24) is 20.2 Å². The van der Waals surface area contributed by atoms with Crippen molar-refractivity contribution in [3.05, 3.63) is 39.6 Å². The van der Waals surface area contributed by atoms with Crippen LogP contribution in [-0.4, -0.2) is 32.8 Å². The van der Waals surface area contributed by atoms with E-state index in [1.807, 2.05) is 0 Å². The van der Waals surface area contributed by atoms with Crippen molar-refractivity contribution in [2.75, 3.05) is 6.61 Å². The standard InChI is InChI=1S/C11H10Cl2N4O2/c1-2-19-11(18)10-14-15-16-17(10)6-7-3-4-8(12)9(13)5-7/h3-5H,2,6H2,1H3. The lowest BCUT2D eigenvalue weighted by molar-refractivity contribution is 0.0505. The zero-order chi connectivity index (χ0) is 13.8. The Kier molecular flexibility index (Phi) is 4.34. The van der Waals surface area contributed by atoms with Crippen molar-refractivity contribution >= 4 is 29.2 Å². The highest BCUT2D eigenvalue weighted by atomic mass is 35.5. The molecule has 0 bridgehead atoms. The van der Waals surface area contributed by atoms with Crippen LogP contribution >= 0.6 is 23.2 Å². The first-order chi connectivity index (χ1) is 9.11. The van der Waals surface area contributed by atoms with E-state index in [1.54, 1.807) is 25.1 Å². The highest BCUT2D eigenvalue weighted by Gasteiger charge is 2.16. The first kappa shape index (κ1) is 13.8. The molecule has 1 heterocycles. The van der Waals surface area contributed by atoms with Gasteiger partial charge in [0.25, 0.3) is 5.82 Å². The highest BCUT2D eigenvalue weighted by molar-refractivity contribution is 6.42. The van der Waals surface area contributed by atoms with Crippen molar-refractivity contribution in [1.29, 1.82) is 0 Å². The van der Waals surface area contributed by atoms with Crippen LogP contribution in [0.15, 0.2) is 18.2 Å². The lowest BCUT2D eigenvalue weighted by atomic mass is 10.2. The fraction of sp³-hybridized carbons (Fsp3) is 0.273. The lowest BCUT2D eigenvalue weighted by Crippen LogP contribution is -2.15. The van der Waals surface area contributed by atoms with E-state index < -0.39 is 5.97 Å². The number of hydrogen-bond donors (Lipinski definition) is 0. The molecule has 0 atom stereocenters. The number of benzene rings is 1. The van der Waals surface area contributed by atoms with Crippen LogP contribution in [0.4, 0.5) is 0 Å². The van der Waals surface area contributed by atoms with E-state index in [-0.39, 0.29) is 12.4 Å². The second-order valence-corrected chi connectivity index (χ2v) is 4.44. The minimum atomic E-state index is -0.562. The number of rotatable bonds is 4. The predicted molar refractivity (Wildman–Crippen MR) is 69.3 cm³/mol. The van der Waals surface area contributed by atoms with Crippen LogP contribution < -0.4 is 0 Å². The Bertz CT molecular complexity index is 600. The molecule has 0 aliphatic heterocycles. The summed E-state index contributed by atoms with van der Waals surface area (Å²) in [5.74, 6) is -0.513. The molecule has 0 fully saturated rings. The molecule has 19 heavy (non-hydrogen) atoms. The molecular weight excluding hydrogens is 291 g/mol. The van der Waals surface area contributed by atoms with Gasteiger partial charge in [-0.2, -0.15) is 0 Å². The molecule has 2 aromatic rings. The van der Waals surface area contributed by atoms with E-state index in [0.29, 0.717) is 16.6 Å². The number of tetrazole rings is 1. The Labute approximate surface area is 119 Å². The molecule has 0 spiro atoms. The van der Waals surface area contributed by atoms with E-state index in [4.69, 9.17) is 27.9 Å². The molecular formula is C11H10Cl2N4O2. The molecule has 1 aromatic carbocycles. The highest BCUT2D eigenvalue weighted by Crippen LogP contribution is 2.22. The quantitative estimate of drug-likeness (QED) is 0.810. The maximum absolute atomic E-state index is 11.6. The van der Waals surface area contributed by atoms with Gasteiger partial charge in [-0.15, -0.1) is 5.10 Å². The number of esters is 1. The molecule has 8 heteroatoms. The van der Waals surface area contributed by atoms with Crippen molar-refractivity contribution in [2.24, 2.45) is 0 Å². The Morgan fingerprint density at radius 3 is 2.84 bits per heavy atom. The summed E-state index contributed by atoms with van der Waals surface area (Å²) in [4.78, 5) is 11.6. The van der Waals surface area contributed by atoms with Gasteiger partial charge in [-0.05, 0) is 35.0 Å². The normalized spacial score (nSPS) is 10.5. The van der Waals surface area contributed by atoms with Crippen LogP contribution in [0.2, 0.25) is 10.0 Å². The van der Waals surface area contributed by atoms with Crippen molar-refractivity contribution in [2.45, 2.75) is 13.5 Å². The zero-order valence-corrected chi connectivity index (χ0v) is 11.5. The molecule has 0 saturated heterocycles. The monoisotopic (exact) mass is 300 g/mol. The summed E-state index contributed by atoms with van der Waals surface area (Å²) in [5.41, 5.74) is 0.826. The van der Waals surface area contributed by atoms with E-state index in [2.05, 4.69) is 15.5 Å². The Morgan fingerprint density at radius 1 is 1.37 bits per heavy atom. The van der Waals surface area contributed by atoms with E-state index in [9.17, 15) is 4.79 Å². The molecule has 0 aliphatic rings. The molecule has 0 unspecified atom stereocenters. The molecule has 0 aliphatic carbocycles. The fourth-order valence-corrected chi connectivity index (χ4v) is 1.78. The van der Waals surface area contributed by atoms with Crippen LogP contribution in [0.25, 0.3) is 0 Å². The van der Waals surface area contributed by atoms with E-state index >= 15 is 0 Å². The van der Waals surface area contributed by atoms with E-state index in [0.717, 1.165) is 5.56 Å². The van der Waals surface area contributed by atoms with Gasteiger partial charge < -0.3 is 4.74 Å². The number of carbonyl (C=O) groups is 1. The summed E-state index contributed by atoms with van der Waals surface area (Å²) >= 11 is 11.8. The average Bonchev–Trinajstić information content (AvgIpc) is 2.82. The maximum atomic E-state index is 11.6. The van der Waals surface area contributed by atoms with Crippen LogP contribution in [0.1, 0.15) is 23.1 Å². The molecule has 0 amide bonds. The van der Waals surface area contributed by atoms with Crippen LogP contribution in [0, 0.1) is 0 Å². The van der Waals surface area contributed by atoms with Gasteiger partial charge in [-0.25, -0.2) is 9.48 Å². The number of ether oxygens (including phenoxy) is 1. The minimum Gasteiger partial charge on any atom is -0.460 e. The van der Waals surface area contributed by atoms with Gasteiger partial charge in [-0.3, -0.25) is 0 Å². The largest absolute Gasteiger partial charge is 0.460 e. The molecule has 2 rings (SSSR count). The van der Waals surface area contributed by atoms with Crippen molar-refractivity contribution in [3.63, 3.8) is 0 Å². The van der Waals surface area contributed by atoms with Gasteiger partial charge in [0.15, 0.2) is 0 Å². The Hall–Kier alpha value is -1.66. The number of nitrogens with zero attached hydrogens (tertiary/aromatic N) is 4. The maximum Gasteiger partial charge on any atom is 0.378 e. The van der Waals surface area contributed by atoms with Gasteiger partial charge in [0.1, 0.15) is 0 Å². The predicted octanol–water partition coefficient (Wildman–Crippen LogP) is 2.20. The van der Waals surface area contributed by atoms with Gasteiger partial charge in [0, 0.05) is 0 Å². The number of hydrogen-bond acceptors (Lipinski definition) is 5. The summed E-state index contributed by atoms with van der Waals surface area (Å²) in [6, 6.07) is 5.15. The lowest BCUT2D eigenvalue weighted by Gasteiger charge is -2.05. The topological polar surface area (TPSA) is 69.9 Å².